The number of aryl methyl sites for hydroxylation is 1. The van der Waals surface area contributed by atoms with E-state index in [1.165, 1.54) is 30.0 Å². The standard InChI is InChI=1S/C21H20N2O6/c1-13-6-8-15(9-7-13)20(25)14(2)29-21(26)16-10-19(24)22(12-16)17-4-3-5-18(11-17)23(27)28/h3-9,11,14,16H,10,12H2,1-2H3/t14-,16-/m1/s1. The molecule has 0 aliphatic carbocycles. The number of amides is 1. The molecular formula is C21H20N2O6. The summed E-state index contributed by atoms with van der Waals surface area (Å²) in [7, 11) is 0. The van der Waals surface area contributed by atoms with Crippen molar-refractivity contribution in [3.05, 3.63) is 69.8 Å². The first-order valence-corrected chi connectivity index (χ1v) is 9.12. The normalized spacial score (nSPS) is 17.1. The van der Waals surface area contributed by atoms with Gasteiger partial charge in [-0.25, -0.2) is 0 Å². The molecule has 1 amide bonds. The fraction of sp³-hybridized carbons (Fsp3) is 0.286. The van der Waals surface area contributed by atoms with Gasteiger partial charge in [-0.3, -0.25) is 24.5 Å². The Morgan fingerprint density at radius 3 is 2.55 bits per heavy atom. The molecule has 0 N–H and O–H groups in total. The summed E-state index contributed by atoms with van der Waals surface area (Å²) >= 11 is 0. The summed E-state index contributed by atoms with van der Waals surface area (Å²) in [5.41, 5.74) is 1.66. The molecular weight excluding hydrogens is 376 g/mol. The van der Waals surface area contributed by atoms with Gasteiger partial charge in [0.05, 0.1) is 16.5 Å². The number of nitrogens with zero attached hydrogens (tertiary/aromatic N) is 2. The number of ketones is 1. The van der Waals surface area contributed by atoms with Crippen LogP contribution in [0.1, 0.15) is 29.3 Å². The summed E-state index contributed by atoms with van der Waals surface area (Å²) in [6.45, 7) is 3.45. The van der Waals surface area contributed by atoms with Gasteiger partial charge in [0.1, 0.15) is 0 Å². The number of ether oxygens (including phenoxy) is 1. The van der Waals surface area contributed by atoms with Gasteiger partial charge in [-0.2, -0.15) is 0 Å². The Kier molecular flexibility index (Phi) is 5.72. The van der Waals surface area contributed by atoms with Crippen LogP contribution in [0.5, 0.6) is 0 Å². The zero-order chi connectivity index (χ0) is 21.1. The fourth-order valence-electron chi connectivity index (χ4n) is 3.17. The molecule has 0 saturated carbocycles. The van der Waals surface area contributed by atoms with Crippen LogP contribution in [-0.2, 0) is 14.3 Å². The molecule has 1 saturated heterocycles. The number of anilines is 1. The van der Waals surface area contributed by atoms with Crippen molar-refractivity contribution in [2.24, 2.45) is 5.92 Å². The Morgan fingerprint density at radius 2 is 1.90 bits per heavy atom. The van der Waals surface area contributed by atoms with Crippen molar-refractivity contribution in [1.29, 1.82) is 0 Å². The summed E-state index contributed by atoms with van der Waals surface area (Å²) in [6, 6.07) is 12.6. The van der Waals surface area contributed by atoms with E-state index < -0.39 is 22.9 Å². The third kappa shape index (κ3) is 4.48. The number of rotatable bonds is 6. The van der Waals surface area contributed by atoms with E-state index in [1.807, 2.05) is 6.92 Å². The number of esters is 1. The number of non-ortho nitro benzene ring substituents is 1. The number of carbonyl (C=O) groups is 3. The predicted molar refractivity (Wildman–Crippen MR) is 105 cm³/mol. The van der Waals surface area contributed by atoms with E-state index in [1.54, 1.807) is 30.3 Å². The Labute approximate surface area is 167 Å². The Balaban J connectivity index is 1.65. The van der Waals surface area contributed by atoms with Crippen molar-refractivity contribution < 1.29 is 24.0 Å². The highest BCUT2D eigenvalue weighted by molar-refractivity contribution is 6.02. The highest BCUT2D eigenvalue weighted by Gasteiger charge is 2.37. The van der Waals surface area contributed by atoms with Gasteiger partial charge in [-0.05, 0) is 19.9 Å². The van der Waals surface area contributed by atoms with Gasteiger partial charge in [0.15, 0.2) is 6.10 Å². The first-order valence-electron chi connectivity index (χ1n) is 9.12. The van der Waals surface area contributed by atoms with Gasteiger partial charge in [0.2, 0.25) is 11.7 Å². The molecule has 0 bridgehead atoms. The largest absolute Gasteiger partial charge is 0.454 e. The van der Waals surface area contributed by atoms with Gasteiger partial charge in [0, 0.05) is 30.7 Å². The van der Waals surface area contributed by atoms with E-state index >= 15 is 0 Å². The molecule has 1 fully saturated rings. The second-order valence-electron chi connectivity index (χ2n) is 6.99. The average Bonchev–Trinajstić information content (AvgIpc) is 3.10. The SMILES string of the molecule is Cc1ccc(C(=O)[C@@H](C)OC(=O)[C@@H]2CC(=O)N(c3cccc([N+](=O)[O-])c3)C2)cc1. The molecule has 0 spiro atoms. The van der Waals surface area contributed by atoms with Crippen LogP contribution in [0, 0.1) is 23.0 Å². The van der Waals surface area contributed by atoms with Gasteiger partial charge in [-0.1, -0.05) is 35.9 Å². The average molecular weight is 396 g/mol. The first kappa shape index (κ1) is 20.2. The second kappa shape index (κ2) is 8.22. The highest BCUT2D eigenvalue weighted by atomic mass is 16.6. The van der Waals surface area contributed by atoms with E-state index in [9.17, 15) is 24.5 Å². The van der Waals surface area contributed by atoms with Crippen molar-refractivity contribution >= 4 is 29.0 Å². The molecule has 8 nitrogen and oxygen atoms in total. The summed E-state index contributed by atoms with van der Waals surface area (Å²) in [4.78, 5) is 49.0. The van der Waals surface area contributed by atoms with Crippen LogP contribution >= 0.6 is 0 Å². The summed E-state index contributed by atoms with van der Waals surface area (Å²) in [5, 5.41) is 10.9. The summed E-state index contributed by atoms with van der Waals surface area (Å²) in [6.07, 6.45) is -1.06. The molecule has 8 heteroatoms. The lowest BCUT2D eigenvalue weighted by atomic mass is 10.1. The summed E-state index contributed by atoms with van der Waals surface area (Å²) < 4.78 is 5.30. The molecule has 2 aromatic carbocycles. The monoisotopic (exact) mass is 396 g/mol. The fourth-order valence-corrected chi connectivity index (χ4v) is 3.17. The minimum Gasteiger partial charge on any atom is -0.454 e. The van der Waals surface area contributed by atoms with Gasteiger partial charge in [0.25, 0.3) is 5.69 Å². The smallest absolute Gasteiger partial charge is 0.312 e. The zero-order valence-corrected chi connectivity index (χ0v) is 16.0. The Morgan fingerprint density at radius 1 is 1.21 bits per heavy atom. The molecule has 1 heterocycles. The molecule has 2 atom stereocenters. The van der Waals surface area contributed by atoms with E-state index in [0.29, 0.717) is 11.3 Å². The molecule has 2 aromatic rings. The molecule has 29 heavy (non-hydrogen) atoms. The molecule has 1 aliphatic rings. The first-order chi connectivity index (χ1) is 13.8. The van der Waals surface area contributed by atoms with Crippen LogP contribution in [0.15, 0.2) is 48.5 Å². The van der Waals surface area contributed by atoms with Crippen molar-refractivity contribution in [2.45, 2.75) is 26.4 Å². The molecule has 0 radical (unpaired) electrons. The third-order valence-electron chi connectivity index (χ3n) is 4.81. The van der Waals surface area contributed by atoms with Crippen molar-refractivity contribution in [1.82, 2.24) is 0 Å². The number of nitro groups is 1. The molecule has 0 unspecified atom stereocenters. The minimum absolute atomic E-state index is 0.0459. The van der Waals surface area contributed by atoms with E-state index in [2.05, 4.69) is 0 Å². The minimum atomic E-state index is -0.979. The highest BCUT2D eigenvalue weighted by Crippen LogP contribution is 2.28. The zero-order valence-electron chi connectivity index (χ0n) is 16.0. The summed E-state index contributed by atoms with van der Waals surface area (Å²) in [5.74, 6) is -2.03. The number of hydrogen-bond donors (Lipinski definition) is 0. The Bertz CT molecular complexity index is 969. The number of nitro benzene ring substituents is 1. The van der Waals surface area contributed by atoms with Gasteiger partial charge in [-0.15, -0.1) is 0 Å². The van der Waals surface area contributed by atoms with E-state index in [-0.39, 0.29) is 30.3 Å². The number of Topliss-reactive ketones (excluding diaryl/α,β-unsaturated/α-hetero) is 1. The van der Waals surface area contributed by atoms with Crippen LogP contribution in [0.3, 0.4) is 0 Å². The second-order valence-corrected chi connectivity index (χ2v) is 6.99. The maximum Gasteiger partial charge on any atom is 0.312 e. The van der Waals surface area contributed by atoms with Crippen LogP contribution < -0.4 is 4.90 Å². The third-order valence-corrected chi connectivity index (χ3v) is 4.81. The van der Waals surface area contributed by atoms with Gasteiger partial charge < -0.3 is 9.64 Å². The van der Waals surface area contributed by atoms with Crippen molar-refractivity contribution in [2.75, 3.05) is 11.4 Å². The van der Waals surface area contributed by atoms with Crippen LogP contribution in [0.2, 0.25) is 0 Å². The Hall–Kier alpha value is -3.55. The van der Waals surface area contributed by atoms with Crippen LogP contribution in [0.4, 0.5) is 11.4 Å². The lowest BCUT2D eigenvalue weighted by molar-refractivity contribution is -0.384. The molecule has 3 rings (SSSR count). The molecule has 0 aromatic heterocycles. The van der Waals surface area contributed by atoms with Crippen molar-refractivity contribution in [3.8, 4) is 0 Å². The van der Waals surface area contributed by atoms with E-state index in [0.717, 1.165) is 5.56 Å². The lowest BCUT2D eigenvalue weighted by Crippen LogP contribution is -2.30. The number of hydrogen-bond acceptors (Lipinski definition) is 6. The van der Waals surface area contributed by atoms with Gasteiger partial charge >= 0.3 is 5.97 Å². The lowest BCUT2D eigenvalue weighted by Gasteiger charge is -2.17. The quantitative estimate of drug-likeness (QED) is 0.321. The number of benzene rings is 2. The number of carbonyl (C=O) groups excluding carboxylic acids is 3. The maximum atomic E-state index is 12.5. The predicted octanol–water partition coefficient (Wildman–Crippen LogP) is 3.07. The maximum absolute atomic E-state index is 12.5. The van der Waals surface area contributed by atoms with Crippen molar-refractivity contribution in [3.63, 3.8) is 0 Å². The topological polar surface area (TPSA) is 107 Å². The van der Waals surface area contributed by atoms with Crippen LogP contribution in [-0.4, -0.2) is 35.2 Å². The van der Waals surface area contributed by atoms with E-state index in [4.69, 9.17) is 4.74 Å². The molecule has 150 valence electrons. The molecule has 1 aliphatic heterocycles. The van der Waals surface area contributed by atoms with Crippen LogP contribution in [0.25, 0.3) is 0 Å².